The summed E-state index contributed by atoms with van der Waals surface area (Å²) in [6.07, 6.45) is 0.248. The number of carbonyl (C=O) groups excluding carboxylic acids is 2. The molecule has 0 unspecified atom stereocenters. The van der Waals surface area contributed by atoms with Crippen molar-refractivity contribution < 1.29 is 19.1 Å². The molecule has 0 rings (SSSR count). The van der Waals surface area contributed by atoms with Crippen LogP contribution in [0.2, 0.25) is 0 Å². The van der Waals surface area contributed by atoms with E-state index in [9.17, 15) is 9.59 Å². The van der Waals surface area contributed by atoms with E-state index in [1.165, 1.54) is 0 Å². The molecule has 0 saturated heterocycles. The molecule has 16 heavy (non-hydrogen) atoms. The highest BCUT2D eigenvalue weighted by Gasteiger charge is 2.22. The van der Waals surface area contributed by atoms with E-state index in [2.05, 4.69) is 0 Å². The van der Waals surface area contributed by atoms with Gasteiger partial charge in [0.15, 0.2) is 0 Å². The van der Waals surface area contributed by atoms with Crippen molar-refractivity contribution in [3.05, 3.63) is 0 Å². The second-order valence-electron chi connectivity index (χ2n) is 3.25. The van der Waals surface area contributed by atoms with Crippen LogP contribution in [0.4, 0.5) is 0 Å². The highest BCUT2D eigenvalue weighted by atomic mass is 35.5. The van der Waals surface area contributed by atoms with E-state index in [-0.39, 0.29) is 30.7 Å². The first-order valence-corrected chi connectivity index (χ1v) is 5.11. The summed E-state index contributed by atoms with van der Waals surface area (Å²) in [7, 11) is 0. The first kappa shape index (κ1) is 17.6. The zero-order chi connectivity index (χ0) is 11.8. The van der Waals surface area contributed by atoms with Crippen molar-refractivity contribution in [3.8, 4) is 0 Å². The molecule has 96 valence electrons. The molecular formula is C10H20ClNO4. The summed E-state index contributed by atoms with van der Waals surface area (Å²) in [5, 5.41) is 0. The topological polar surface area (TPSA) is 78.6 Å². The highest BCUT2D eigenvalue weighted by Crippen LogP contribution is 2.08. The smallest absolute Gasteiger partial charge is 0.322 e. The lowest BCUT2D eigenvalue weighted by atomic mass is 10.0. The van der Waals surface area contributed by atoms with Gasteiger partial charge in [0, 0.05) is 0 Å². The number of carbonyl (C=O) groups is 2. The van der Waals surface area contributed by atoms with Gasteiger partial charge < -0.3 is 15.2 Å². The van der Waals surface area contributed by atoms with Crippen LogP contribution in [0.3, 0.4) is 0 Å². The van der Waals surface area contributed by atoms with Crippen LogP contribution < -0.4 is 5.73 Å². The van der Waals surface area contributed by atoms with Crippen molar-refractivity contribution in [2.24, 2.45) is 11.7 Å². The lowest BCUT2D eigenvalue weighted by Crippen LogP contribution is -2.35. The number of halogens is 1. The Bertz CT molecular complexity index is 201. The fraction of sp³-hybridized carbons (Fsp3) is 0.800. The second kappa shape index (κ2) is 9.42. The quantitative estimate of drug-likeness (QED) is 0.711. The molecule has 0 fully saturated rings. The number of nitrogens with two attached hydrogens (primary N) is 1. The van der Waals surface area contributed by atoms with E-state index in [0.717, 1.165) is 0 Å². The minimum Gasteiger partial charge on any atom is -0.466 e. The average molecular weight is 254 g/mol. The van der Waals surface area contributed by atoms with E-state index in [1.54, 1.807) is 20.8 Å². The molecule has 5 nitrogen and oxygen atoms in total. The van der Waals surface area contributed by atoms with E-state index in [0.29, 0.717) is 13.2 Å². The fourth-order valence-corrected chi connectivity index (χ4v) is 1.11. The molecule has 0 spiro atoms. The third-order valence-corrected chi connectivity index (χ3v) is 1.89. The predicted octanol–water partition coefficient (Wildman–Crippen LogP) is 0.888. The molecule has 0 aromatic carbocycles. The fourth-order valence-electron chi connectivity index (χ4n) is 1.11. The molecular weight excluding hydrogens is 234 g/mol. The molecule has 0 aliphatic rings. The van der Waals surface area contributed by atoms with Gasteiger partial charge in [0.2, 0.25) is 0 Å². The summed E-state index contributed by atoms with van der Waals surface area (Å²) in [6, 6.07) is -0.760. The number of hydrogen-bond donors (Lipinski definition) is 1. The van der Waals surface area contributed by atoms with E-state index >= 15 is 0 Å². The van der Waals surface area contributed by atoms with E-state index < -0.39 is 12.0 Å². The van der Waals surface area contributed by atoms with Crippen LogP contribution in [-0.4, -0.2) is 31.2 Å². The lowest BCUT2D eigenvalue weighted by molar-refractivity contribution is -0.149. The van der Waals surface area contributed by atoms with Gasteiger partial charge in [-0.3, -0.25) is 9.59 Å². The molecule has 0 amide bonds. The molecule has 0 aromatic heterocycles. The molecule has 0 aliphatic heterocycles. The van der Waals surface area contributed by atoms with Gasteiger partial charge in [-0.05, 0) is 20.3 Å². The van der Waals surface area contributed by atoms with Crippen molar-refractivity contribution >= 4 is 24.3 Å². The summed E-state index contributed by atoms with van der Waals surface area (Å²) >= 11 is 0. The van der Waals surface area contributed by atoms with Crippen molar-refractivity contribution in [2.45, 2.75) is 33.2 Å². The molecule has 0 saturated carbocycles. The molecule has 0 heterocycles. The Morgan fingerprint density at radius 1 is 1.12 bits per heavy atom. The minimum atomic E-state index is -0.760. The molecule has 0 radical (unpaired) electrons. The maximum Gasteiger partial charge on any atom is 0.322 e. The van der Waals surface area contributed by atoms with E-state index in [4.69, 9.17) is 15.2 Å². The Morgan fingerprint density at radius 3 is 2.00 bits per heavy atom. The Hall–Kier alpha value is -0.810. The molecule has 0 bridgehead atoms. The van der Waals surface area contributed by atoms with Gasteiger partial charge >= 0.3 is 11.9 Å². The molecule has 0 aliphatic carbocycles. The second-order valence-corrected chi connectivity index (χ2v) is 3.25. The van der Waals surface area contributed by atoms with Gasteiger partial charge in [0.1, 0.15) is 6.04 Å². The van der Waals surface area contributed by atoms with Crippen LogP contribution in [0.1, 0.15) is 27.2 Å². The first-order chi connectivity index (χ1) is 7.02. The van der Waals surface area contributed by atoms with Gasteiger partial charge in [-0.25, -0.2) is 0 Å². The monoisotopic (exact) mass is 253 g/mol. The summed E-state index contributed by atoms with van der Waals surface area (Å²) in [5.74, 6) is -1.20. The van der Waals surface area contributed by atoms with Crippen molar-refractivity contribution in [1.82, 2.24) is 0 Å². The van der Waals surface area contributed by atoms with Gasteiger partial charge in [-0.1, -0.05) is 6.92 Å². The summed E-state index contributed by atoms with van der Waals surface area (Å²) < 4.78 is 9.53. The van der Waals surface area contributed by atoms with Crippen LogP contribution in [0.15, 0.2) is 0 Å². The van der Waals surface area contributed by atoms with Crippen LogP contribution >= 0.6 is 12.4 Å². The molecule has 6 heteroatoms. The minimum absolute atomic E-state index is 0. The number of hydrogen-bond acceptors (Lipinski definition) is 5. The van der Waals surface area contributed by atoms with Gasteiger partial charge in [-0.15, -0.1) is 12.4 Å². The maximum absolute atomic E-state index is 11.2. The third kappa shape index (κ3) is 6.63. The Labute approximate surface area is 102 Å². The molecule has 2 atom stereocenters. The van der Waals surface area contributed by atoms with Gasteiger partial charge in [0.05, 0.1) is 19.1 Å². The normalized spacial score (nSPS) is 13.2. The number of rotatable bonds is 6. The van der Waals surface area contributed by atoms with Crippen molar-refractivity contribution in [1.29, 1.82) is 0 Å². The Kier molecular flexibility index (Phi) is 10.3. The summed E-state index contributed by atoms with van der Waals surface area (Å²) in [5.41, 5.74) is 5.56. The van der Waals surface area contributed by atoms with Crippen LogP contribution in [0.25, 0.3) is 0 Å². The van der Waals surface area contributed by atoms with Gasteiger partial charge in [-0.2, -0.15) is 0 Å². The lowest BCUT2D eigenvalue weighted by Gasteiger charge is -2.14. The maximum atomic E-state index is 11.2. The SMILES string of the molecule is CCOC(=O)[C@H](C)C[C@H](N)C(=O)OCC.Cl. The molecule has 0 aromatic rings. The standard InChI is InChI=1S/C10H19NO4.ClH/c1-4-14-9(12)7(3)6-8(11)10(13)15-5-2;/h7-8H,4-6,11H2,1-3H3;1H/t7-,8+;/m1./s1. The average Bonchev–Trinajstić information content (AvgIpc) is 2.18. The number of esters is 2. The first-order valence-electron chi connectivity index (χ1n) is 5.11. The third-order valence-electron chi connectivity index (χ3n) is 1.89. The zero-order valence-corrected chi connectivity index (χ0v) is 10.7. The zero-order valence-electron chi connectivity index (χ0n) is 9.89. The largest absolute Gasteiger partial charge is 0.466 e. The van der Waals surface area contributed by atoms with E-state index in [1.807, 2.05) is 0 Å². The van der Waals surface area contributed by atoms with Gasteiger partial charge in [0.25, 0.3) is 0 Å². The van der Waals surface area contributed by atoms with Crippen molar-refractivity contribution in [2.75, 3.05) is 13.2 Å². The Balaban J connectivity index is 0. The van der Waals surface area contributed by atoms with Crippen molar-refractivity contribution in [3.63, 3.8) is 0 Å². The van der Waals surface area contributed by atoms with Crippen LogP contribution in [0.5, 0.6) is 0 Å². The summed E-state index contributed by atoms with van der Waals surface area (Å²) in [6.45, 7) is 5.74. The predicted molar refractivity (Wildman–Crippen MR) is 62.3 cm³/mol. The molecule has 2 N–H and O–H groups in total. The number of ether oxygens (including phenoxy) is 2. The summed E-state index contributed by atoms with van der Waals surface area (Å²) in [4.78, 5) is 22.4. The Morgan fingerprint density at radius 2 is 1.56 bits per heavy atom. The highest BCUT2D eigenvalue weighted by molar-refractivity contribution is 5.85. The van der Waals surface area contributed by atoms with Crippen LogP contribution in [0, 0.1) is 5.92 Å². The van der Waals surface area contributed by atoms with Crippen LogP contribution in [-0.2, 0) is 19.1 Å².